The lowest BCUT2D eigenvalue weighted by molar-refractivity contribution is -0.137. The van der Waals surface area contributed by atoms with Gasteiger partial charge in [-0.15, -0.1) is 0 Å². The Balaban J connectivity index is 2.65. The Morgan fingerprint density at radius 1 is 1.00 bits per heavy atom. The highest BCUT2D eigenvalue weighted by Gasteiger charge is 2.46. The maximum Gasteiger partial charge on any atom is 0.244 e. The monoisotopic (exact) mass is 307 g/mol. The molecule has 1 aliphatic heterocycles. The lowest BCUT2D eigenvalue weighted by Crippen LogP contribution is -2.50. The fourth-order valence-electron chi connectivity index (χ4n) is 2.24. The minimum atomic E-state index is -1.20. The molecule has 2 amide bonds. The fraction of sp³-hybridized carbons (Fsp3) is 0.231. The lowest BCUT2D eigenvalue weighted by Gasteiger charge is -2.30. The van der Waals surface area contributed by atoms with Crippen LogP contribution in [0.4, 0.5) is 0 Å². The summed E-state index contributed by atoms with van der Waals surface area (Å²) < 4.78 is 0. The molecule has 0 unspecified atom stereocenters. The number of rotatable bonds is 1. The number of piperidine rings is 1. The Hall–Kier alpha value is -2.08. The van der Waals surface area contributed by atoms with Crippen molar-refractivity contribution in [3.8, 4) is 12.1 Å². The van der Waals surface area contributed by atoms with Gasteiger partial charge in [0.1, 0.15) is 11.8 Å². The number of amides is 2. The van der Waals surface area contributed by atoms with Crippen molar-refractivity contribution in [2.75, 3.05) is 0 Å². The third kappa shape index (κ3) is 2.22. The first-order chi connectivity index (χ1) is 9.51. The van der Waals surface area contributed by atoms with Gasteiger partial charge in [0.15, 0.2) is 0 Å². The van der Waals surface area contributed by atoms with E-state index in [2.05, 4.69) is 0 Å². The van der Waals surface area contributed by atoms with Gasteiger partial charge in [0.25, 0.3) is 0 Å². The van der Waals surface area contributed by atoms with Crippen LogP contribution in [0.25, 0.3) is 0 Å². The third-order valence-corrected chi connectivity index (χ3v) is 3.80. The SMILES string of the molecule is N#C[C@H]1C(=O)NC(=O)[C@H](C#N)C1c1c(Cl)cccc1Cl. The van der Waals surface area contributed by atoms with E-state index in [1.807, 2.05) is 17.5 Å². The number of halogens is 2. The molecule has 1 fully saturated rings. The molecular formula is C13H7Cl2N3O2. The summed E-state index contributed by atoms with van der Waals surface area (Å²) in [5.41, 5.74) is 0.275. The van der Waals surface area contributed by atoms with Crippen LogP contribution in [0.2, 0.25) is 10.0 Å². The largest absolute Gasteiger partial charge is 0.294 e. The van der Waals surface area contributed by atoms with Crippen LogP contribution in [0.15, 0.2) is 18.2 Å². The first-order valence-electron chi connectivity index (χ1n) is 5.59. The van der Waals surface area contributed by atoms with E-state index in [0.717, 1.165) is 0 Å². The highest BCUT2D eigenvalue weighted by atomic mass is 35.5. The zero-order valence-corrected chi connectivity index (χ0v) is 11.4. The predicted molar refractivity (Wildman–Crippen MR) is 70.6 cm³/mol. The van der Waals surface area contributed by atoms with Gasteiger partial charge < -0.3 is 0 Å². The van der Waals surface area contributed by atoms with Crippen LogP contribution in [0.1, 0.15) is 11.5 Å². The van der Waals surface area contributed by atoms with Gasteiger partial charge in [-0.25, -0.2) is 0 Å². The third-order valence-electron chi connectivity index (χ3n) is 3.14. The maximum absolute atomic E-state index is 11.8. The van der Waals surface area contributed by atoms with E-state index in [4.69, 9.17) is 33.7 Å². The van der Waals surface area contributed by atoms with Crippen LogP contribution >= 0.6 is 23.2 Å². The highest BCUT2D eigenvalue weighted by Crippen LogP contribution is 2.42. The van der Waals surface area contributed by atoms with Gasteiger partial charge in [0.2, 0.25) is 11.8 Å². The minimum Gasteiger partial charge on any atom is -0.294 e. The molecule has 1 N–H and O–H groups in total. The number of nitrogens with one attached hydrogen (secondary N) is 1. The van der Waals surface area contributed by atoms with Gasteiger partial charge in [-0.3, -0.25) is 14.9 Å². The van der Waals surface area contributed by atoms with Gasteiger partial charge in [-0.1, -0.05) is 29.3 Å². The first kappa shape index (κ1) is 14.3. The number of nitriles is 2. The number of nitrogens with zero attached hydrogens (tertiary/aromatic N) is 2. The van der Waals surface area contributed by atoms with Gasteiger partial charge in [0, 0.05) is 16.0 Å². The van der Waals surface area contributed by atoms with E-state index >= 15 is 0 Å². The molecular weight excluding hydrogens is 301 g/mol. The number of imide groups is 1. The van der Waals surface area contributed by atoms with Crippen molar-refractivity contribution in [2.45, 2.75) is 5.92 Å². The summed E-state index contributed by atoms with van der Waals surface area (Å²) in [6, 6.07) is 8.28. The topological polar surface area (TPSA) is 93.8 Å². The minimum absolute atomic E-state index is 0.213. The van der Waals surface area contributed by atoms with Gasteiger partial charge in [0.05, 0.1) is 12.1 Å². The van der Waals surface area contributed by atoms with E-state index in [0.29, 0.717) is 0 Å². The number of benzene rings is 1. The number of carbonyl (C=O) groups excluding carboxylic acids is 2. The van der Waals surface area contributed by atoms with Crippen LogP contribution in [0.3, 0.4) is 0 Å². The average molecular weight is 308 g/mol. The zero-order chi connectivity index (χ0) is 14.9. The molecule has 0 spiro atoms. The molecule has 7 heteroatoms. The van der Waals surface area contributed by atoms with Gasteiger partial charge in [-0.05, 0) is 17.7 Å². The summed E-state index contributed by atoms with van der Waals surface area (Å²) in [6.07, 6.45) is 0. The normalized spacial score (nSPS) is 22.8. The maximum atomic E-state index is 11.8. The molecule has 0 bridgehead atoms. The van der Waals surface area contributed by atoms with Crippen molar-refractivity contribution in [2.24, 2.45) is 11.8 Å². The molecule has 100 valence electrons. The van der Waals surface area contributed by atoms with Crippen molar-refractivity contribution in [1.29, 1.82) is 10.5 Å². The highest BCUT2D eigenvalue weighted by molar-refractivity contribution is 6.36. The standard InChI is InChI=1S/C13H7Cl2N3O2/c14-8-2-1-3-9(15)11(8)10-6(4-16)12(19)18-13(20)7(10)5-17/h1-3,6-7,10H,(H,18,19,20)/t6-,7-/m1/s1. The second-order valence-electron chi connectivity index (χ2n) is 4.23. The zero-order valence-electron chi connectivity index (χ0n) is 9.93. The van der Waals surface area contributed by atoms with Crippen molar-refractivity contribution in [3.63, 3.8) is 0 Å². The van der Waals surface area contributed by atoms with Crippen LogP contribution < -0.4 is 5.32 Å². The van der Waals surface area contributed by atoms with E-state index in [1.54, 1.807) is 6.07 Å². The Labute approximate surface area is 124 Å². The van der Waals surface area contributed by atoms with Crippen molar-refractivity contribution < 1.29 is 9.59 Å². The van der Waals surface area contributed by atoms with E-state index in [9.17, 15) is 9.59 Å². The van der Waals surface area contributed by atoms with E-state index < -0.39 is 29.6 Å². The van der Waals surface area contributed by atoms with E-state index in [1.165, 1.54) is 12.1 Å². The number of carbonyl (C=O) groups is 2. The molecule has 2 atom stereocenters. The smallest absolute Gasteiger partial charge is 0.244 e. The molecule has 1 heterocycles. The molecule has 0 saturated carbocycles. The Bertz CT molecular complexity index is 623. The molecule has 1 aliphatic rings. The molecule has 1 aromatic carbocycles. The van der Waals surface area contributed by atoms with Crippen molar-refractivity contribution in [1.82, 2.24) is 5.32 Å². The molecule has 0 aliphatic carbocycles. The summed E-state index contributed by atoms with van der Waals surface area (Å²) in [4.78, 5) is 23.5. The molecule has 1 aromatic rings. The number of hydrogen-bond acceptors (Lipinski definition) is 4. The number of hydrogen-bond donors (Lipinski definition) is 1. The van der Waals surface area contributed by atoms with Crippen LogP contribution in [-0.2, 0) is 9.59 Å². The van der Waals surface area contributed by atoms with Crippen molar-refractivity contribution >= 4 is 35.0 Å². The fourth-order valence-corrected chi connectivity index (χ4v) is 2.89. The summed E-state index contributed by atoms with van der Waals surface area (Å²) >= 11 is 12.1. The van der Waals surface area contributed by atoms with Gasteiger partial charge >= 0.3 is 0 Å². The molecule has 0 aromatic heterocycles. The van der Waals surface area contributed by atoms with E-state index in [-0.39, 0.29) is 15.6 Å². The molecule has 1 saturated heterocycles. The van der Waals surface area contributed by atoms with Gasteiger partial charge in [-0.2, -0.15) is 10.5 Å². The average Bonchev–Trinajstić information content (AvgIpc) is 2.38. The lowest BCUT2D eigenvalue weighted by atomic mass is 9.74. The Morgan fingerprint density at radius 2 is 1.45 bits per heavy atom. The van der Waals surface area contributed by atoms with Crippen LogP contribution in [0.5, 0.6) is 0 Å². The summed E-state index contributed by atoms with van der Waals surface area (Å²) in [5, 5.41) is 20.8. The summed E-state index contributed by atoms with van der Waals surface area (Å²) in [6.45, 7) is 0. The molecule has 5 nitrogen and oxygen atoms in total. The first-order valence-corrected chi connectivity index (χ1v) is 6.34. The molecule has 20 heavy (non-hydrogen) atoms. The van der Waals surface area contributed by atoms with Crippen LogP contribution in [-0.4, -0.2) is 11.8 Å². The summed E-state index contributed by atoms with van der Waals surface area (Å²) in [5.74, 6) is -4.87. The second kappa shape index (κ2) is 5.50. The van der Waals surface area contributed by atoms with Crippen LogP contribution in [0, 0.1) is 34.5 Å². The predicted octanol–water partition coefficient (Wildman–Crippen LogP) is 2.01. The summed E-state index contributed by atoms with van der Waals surface area (Å²) in [7, 11) is 0. The molecule has 2 rings (SSSR count). The quantitative estimate of drug-likeness (QED) is 0.803. The Kier molecular flexibility index (Phi) is 3.94. The molecule has 0 radical (unpaired) electrons. The second-order valence-corrected chi connectivity index (χ2v) is 5.04. The Morgan fingerprint density at radius 3 is 1.85 bits per heavy atom. The van der Waals surface area contributed by atoms with Crippen molar-refractivity contribution in [3.05, 3.63) is 33.8 Å².